The maximum atomic E-state index is 15.4. The molecule has 0 aliphatic carbocycles. The molecule has 7 nitrogen and oxygen atoms in total. The van der Waals surface area contributed by atoms with E-state index in [1.165, 1.54) is 6.08 Å². The maximum absolute atomic E-state index is 15.4. The average molecular weight is 350 g/mol. The average Bonchev–Trinajstić information content (AvgIpc) is 2.99. The summed E-state index contributed by atoms with van der Waals surface area (Å²) in [6.07, 6.45) is 3.55. The summed E-state index contributed by atoms with van der Waals surface area (Å²) in [5.74, 6) is -1.15. The highest BCUT2D eigenvalue weighted by Gasteiger charge is 2.39. The molecule has 3 heterocycles. The second-order valence-electron chi connectivity index (χ2n) is 6.21. The molecule has 1 amide bonds. The van der Waals surface area contributed by atoms with Crippen LogP contribution in [0.1, 0.15) is 36.9 Å². The Bertz CT molecular complexity index is 748. The van der Waals surface area contributed by atoms with Gasteiger partial charge in [-0.25, -0.2) is 18.8 Å². The van der Waals surface area contributed by atoms with Crippen LogP contribution < -0.4 is 10.6 Å². The van der Waals surface area contributed by atoms with Crippen molar-refractivity contribution in [3.8, 4) is 0 Å². The van der Waals surface area contributed by atoms with E-state index in [1.54, 1.807) is 17.7 Å². The Labute approximate surface area is 143 Å². The zero-order chi connectivity index (χ0) is 18.0. The van der Waals surface area contributed by atoms with Crippen LogP contribution in [0.5, 0.6) is 0 Å². The molecule has 1 saturated heterocycles. The van der Waals surface area contributed by atoms with Gasteiger partial charge in [-0.05, 0) is 26.1 Å². The third kappa shape index (κ3) is 3.51. The highest BCUT2D eigenvalue weighted by Crippen LogP contribution is 2.32. The van der Waals surface area contributed by atoms with Crippen LogP contribution in [-0.2, 0) is 4.79 Å². The summed E-state index contributed by atoms with van der Waals surface area (Å²) in [6.45, 7) is 2.66. The van der Waals surface area contributed by atoms with Gasteiger partial charge in [0.15, 0.2) is 17.3 Å². The number of fused-ring (bicyclic) bond motifs is 1. The van der Waals surface area contributed by atoms with Crippen molar-refractivity contribution in [1.29, 1.82) is 5.41 Å². The third-order valence-electron chi connectivity index (χ3n) is 4.37. The lowest BCUT2D eigenvalue weighted by Crippen LogP contribution is -2.52. The van der Waals surface area contributed by atoms with Crippen molar-refractivity contribution in [2.75, 3.05) is 13.1 Å². The van der Waals surface area contributed by atoms with Crippen molar-refractivity contribution in [2.24, 2.45) is 4.99 Å². The minimum absolute atomic E-state index is 0.111. The molecule has 1 unspecified atom stereocenters. The van der Waals surface area contributed by atoms with Crippen molar-refractivity contribution in [3.05, 3.63) is 23.8 Å². The van der Waals surface area contributed by atoms with Gasteiger partial charge >= 0.3 is 0 Å². The van der Waals surface area contributed by atoms with Gasteiger partial charge in [0.25, 0.3) is 5.91 Å². The number of hydrogen-bond acceptors (Lipinski definition) is 5. The SMILES string of the molecule is Cc1cn2c(n1)C(F)=CCC2N=C(NC(=O)C=N)C1(F)CCNCC1. The summed E-state index contributed by atoms with van der Waals surface area (Å²) in [4.78, 5) is 20.2. The number of carbonyl (C=O) groups excluding carboxylic acids is 1. The van der Waals surface area contributed by atoms with Crippen LogP contribution in [0.2, 0.25) is 0 Å². The molecule has 3 N–H and O–H groups in total. The van der Waals surface area contributed by atoms with Gasteiger partial charge in [-0.15, -0.1) is 0 Å². The van der Waals surface area contributed by atoms with E-state index in [4.69, 9.17) is 5.41 Å². The number of aromatic nitrogens is 2. The number of carbonyl (C=O) groups is 1. The number of rotatable bonds is 3. The number of hydrogen-bond donors (Lipinski definition) is 3. The number of nitrogens with one attached hydrogen (secondary N) is 3. The van der Waals surface area contributed by atoms with Crippen molar-refractivity contribution >= 4 is 23.8 Å². The molecule has 0 saturated carbocycles. The number of nitrogens with zero attached hydrogens (tertiary/aromatic N) is 3. The van der Waals surface area contributed by atoms with Crippen LogP contribution in [0.4, 0.5) is 8.78 Å². The number of alkyl halides is 1. The first-order chi connectivity index (χ1) is 11.9. The fourth-order valence-corrected chi connectivity index (χ4v) is 3.07. The maximum Gasteiger partial charge on any atom is 0.267 e. The molecule has 3 rings (SSSR count). The minimum atomic E-state index is -1.79. The number of amidine groups is 1. The summed E-state index contributed by atoms with van der Waals surface area (Å²) < 4.78 is 30.9. The molecule has 1 atom stereocenters. The summed E-state index contributed by atoms with van der Waals surface area (Å²) in [5, 5.41) is 12.5. The van der Waals surface area contributed by atoms with E-state index in [0.29, 0.717) is 25.0 Å². The summed E-state index contributed by atoms with van der Waals surface area (Å²) >= 11 is 0. The highest BCUT2D eigenvalue weighted by molar-refractivity contribution is 6.29. The van der Waals surface area contributed by atoms with E-state index in [2.05, 4.69) is 20.6 Å². The lowest BCUT2D eigenvalue weighted by atomic mass is 9.92. The first-order valence-corrected chi connectivity index (χ1v) is 8.14. The zero-order valence-electron chi connectivity index (χ0n) is 13.9. The van der Waals surface area contributed by atoms with Crippen molar-refractivity contribution in [3.63, 3.8) is 0 Å². The molecular formula is C16H20F2N6O. The summed E-state index contributed by atoms with van der Waals surface area (Å²) in [6, 6.07) is 0. The van der Waals surface area contributed by atoms with E-state index in [0.717, 1.165) is 0 Å². The van der Waals surface area contributed by atoms with E-state index in [9.17, 15) is 9.18 Å². The van der Waals surface area contributed by atoms with E-state index < -0.39 is 23.6 Å². The number of halogens is 2. The zero-order valence-corrected chi connectivity index (χ0v) is 13.9. The Morgan fingerprint density at radius 2 is 2.28 bits per heavy atom. The molecule has 0 aromatic carbocycles. The highest BCUT2D eigenvalue weighted by atomic mass is 19.1. The summed E-state index contributed by atoms with van der Waals surface area (Å²) in [7, 11) is 0. The number of amides is 1. The molecule has 0 bridgehead atoms. The first-order valence-electron chi connectivity index (χ1n) is 8.14. The van der Waals surface area contributed by atoms with Gasteiger partial charge in [0, 0.05) is 25.5 Å². The van der Waals surface area contributed by atoms with Crippen LogP contribution in [0.3, 0.4) is 0 Å². The molecule has 2 aliphatic rings. The van der Waals surface area contributed by atoms with Gasteiger partial charge in [0.1, 0.15) is 12.0 Å². The normalized spacial score (nSPS) is 22.8. The Kier molecular flexibility index (Phi) is 4.76. The Morgan fingerprint density at radius 3 is 2.96 bits per heavy atom. The molecule has 25 heavy (non-hydrogen) atoms. The fourth-order valence-electron chi connectivity index (χ4n) is 3.07. The summed E-state index contributed by atoms with van der Waals surface area (Å²) in [5.41, 5.74) is -1.16. The van der Waals surface area contributed by atoms with Gasteiger partial charge in [0.05, 0.1) is 11.9 Å². The van der Waals surface area contributed by atoms with Gasteiger partial charge in [-0.3, -0.25) is 4.79 Å². The second kappa shape index (κ2) is 6.83. The molecule has 1 aromatic heterocycles. The van der Waals surface area contributed by atoms with Gasteiger partial charge in [-0.2, -0.15) is 0 Å². The monoisotopic (exact) mass is 350 g/mol. The largest absolute Gasteiger partial charge is 0.316 e. The molecular weight excluding hydrogens is 330 g/mol. The molecule has 134 valence electrons. The van der Waals surface area contributed by atoms with Crippen LogP contribution in [0, 0.1) is 12.3 Å². The molecule has 0 spiro atoms. The fraction of sp³-hybridized carbons (Fsp3) is 0.500. The van der Waals surface area contributed by atoms with E-state index >= 15 is 4.39 Å². The topological polar surface area (TPSA) is 95.2 Å². The van der Waals surface area contributed by atoms with Crippen molar-refractivity contribution in [2.45, 2.75) is 38.0 Å². The molecule has 0 radical (unpaired) electrons. The van der Waals surface area contributed by atoms with Crippen LogP contribution in [0.15, 0.2) is 17.3 Å². The first kappa shape index (κ1) is 17.4. The van der Waals surface area contributed by atoms with Crippen LogP contribution in [0.25, 0.3) is 5.83 Å². The van der Waals surface area contributed by atoms with Gasteiger partial charge < -0.3 is 20.6 Å². The quantitative estimate of drug-likeness (QED) is 0.571. The second-order valence-corrected chi connectivity index (χ2v) is 6.21. The van der Waals surface area contributed by atoms with E-state index in [1.807, 2.05) is 0 Å². The predicted octanol–water partition coefficient (Wildman–Crippen LogP) is 1.66. The molecule has 2 aliphatic heterocycles. The Morgan fingerprint density at radius 1 is 1.56 bits per heavy atom. The van der Waals surface area contributed by atoms with Crippen LogP contribution in [-0.4, -0.2) is 46.3 Å². The Hall–Kier alpha value is -2.42. The third-order valence-corrected chi connectivity index (χ3v) is 4.37. The smallest absolute Gasteiger partial charge is 0.267 e. The van der Waals surface area contributed by atoms with Crippen molar-refractivity contribution < 1.29 is 13.6 Å². The van der Waals surface area contributed by atoms with Crippen LogP contribution >= 0.6 is 0 Å². The van der Waals surface area contributed by atoms with Gasteiger partial charge in [-0.1, -0.05) is 0 Å². The number of piperidine rings is 1. The molecule has 1 aromatic rings. The molecule has 1 fully saturated rings. The van der Waals surface area contributed by atoms with E-state index in [-0.39, 0.29) is 30.9 Å². The van der Waals surface area contributed by atoms with Gasteiger partial charge in [0.2, 0.25) is 0 Å². The van der Waals surface area contributed by atoms with Crippen molar-refractivity contribution in [1.82, 2.24) is 20.2 Å². The Balaban J connectivity index is 1.98. The number of imidazole rings is 1. The standard InChI is InChI=1S/C16H20F2N6O/c1-10-9-24-12(3-2-11(17)14(24)21-10)22-15(23-13(25)8-19)16(18)4-6-20-7-5-16/h2,8-9,12,19-20H,3-7H2,1H3,(H,22,23,25). The lowest BCUT2D eigenvalue weighted by molar-refractivity contribution is -0.113. The molecule has 9 heteroatoms. The lowest BCUT2D eigenvalue weighted by Gasteiger charge is -2.32. The number of aliphatic imine (C=N–C) groups is 1. The predicted molar refractivity (Wildman–Crippen MR) is 90.0 cm³/mol. The number of aryl methyl sites for hydroxylation is 1. The minimum Gasteiger partial charge on any atom is -0.316 e.